The van der Waals surface area contributed by atoms with Crippen LogP contribution in [0.15, 0.2) is 36.5 Å². The molecule has 65 heavy (non-hydrogen) atoms. The number of hydrogen-bond acceptors (Lipinski definition) is 5. The highest BCUT2D eigenvalue weighted by Crippen LogP contribution is 2.17. The van der Waals surface area contributed by atoms with Gasteiger partial charge in [-0.2, -0.15) is 0 Å². The summed E-state index contributed by atoms with van der Waals surface area (Å²) in [5.41, 5.74) is 0. The number of carbonyl (C=O) groups excluding carboxylic acids is 2. The Labute approximate surface area is 404 Å². The Morgan fingerprint density at radius 2 is 0.800 bits per heavy atom. The molecule has 0 saturated carbocycles. The number of hydrogen-bond donors (Lipinski definition) is 3. The third kappa shape index (κ3) is 51.3. The van der Waals surface area contributed by atoms with E-state index in [1.165, 1.54) is 193 Å². The maximum Gasteiger partial charge on any atom is 0.305 e. The molecule has 0 aromatic carbocycles. The van der Waals surface area contributed by atoms with E-state index in [2.05, 4.69) is 55.6 Å². The van der Waals surface area contributed by atoms with Crippen molar-refractivity contribution in [3.05, 3.63) is 36.5 Å². The first-order valence-corrected chi connectivity index (χ1v) is 28.7. The normalized spacial score (nSPS) is 12.9. The molecular weight excluding hydrogens is 803 g/mol. The highest BCUT2D eigenvalue weighted by Gasteiger charge is 2.20. The highest BCUT2D eigenvalue weighted by atomic mass is 16.5. The fourth-order valence-corrected chi connectivity index (χ4v) is 8.73. The number of carbonyl (C=O) groups is 2. The molecule has 3 N–H and O–H groups in total. The van der Waals surface area contributed by atoms with E-state index in [4.69, 9.17) is 4.74 Å². The topological polar surface area (TPSA) is 95.9 Å². The Bertz CT molecular complexity index is 1060. The Kier molecular flexibility index (Phi) is 53.1. The lowest BCUT2D eigenvalue weighted by molar-refractivity contribution is -0.143. The number of aliphatic hydroxyl groups is 2. The van der Waals surface area contributed by atoms with Gasteiger partial charge in [-0.15, -0.1) is 0 Å². The smallest absolute Gasteiger partial charge is 0.305 e. The van der Waals surface area contributed by atoms with Crippen molar-refractivity contribution in [2.75, 3.05) is 13.2 Å². The maximum absolute atomic E-state index is 12.5. The molecule has 0 aliphatic heterocycles. The molecular formula is C59H111NO5. The summed E-state index contributed by atoms with van der Waals surface area (Å²) in [6, 6.07) is -0.555. The van der Waals surface area contributed by atoms with Crippen LogP contribution >= 0.6 is 0 Å². The number of amides is 1. The van der Waals surface area contributed by atoms with E-state index >= 15 is 0 Å². The first kappa shape index (κ1) is 63.1. The van der Waals surface area contributed by atoms with Gasteiger partial charge in [0.2, 0.25) is 5.91 Å². The monoisotopic (exact) mass is 914 g/mol. The number of rotatable bonds is 53. The molecule has 0 bridgehead atoms. The largest absolute Gasteiger partial charge is 0.466 e. The van der Waals surface area contributed by atoms with E-state index in [0.717, 1.165) is 77.0 Å². The summed E-state index contributed by atoms with van der Waals surface area (Å²) in [5, 5.41) is 23.3. The Morgan fingerprint density at radius 3 is 1.25 bits per heavy atom. The van der Waals surface area contributed by atoms with Crippen molar-refractivity contribution in [2.24, 2.45) is 0 Å². The van der Waals surface area contributed by atoms with Crippen LogP contribution in [-0.2, 0) is 14.3 Å². The first-order chi connectivity index (χ1) is 32.0. The van der Waals surface area contributed by atoms with Crippen LogP contribution in [0.5, 0.6) is 0 Å². The summed E-state index contributed by atoms with van der Waals surface area (Å²) in [5.74, 6) is -0.0691. The van der Waals surface area contributed by atoms with Crippen LogP contribution in [0.2, 0.25) is 0 Å². The average molecular weight is 915 g/mol. The lowest BCUT2D eigenvalue weighted by atomic mass is 10.0. The molecule has 382 valence electrons. The second-order valence-corrected chi connectivity index (χ2v) is 19.6. The van der Waals surface area contributed by atoms with Crippen LogP contribution in [0, 0.1) is 0 Å². The summed E-state index contributed by atoms with van der Waals surface area (Å²) in [4.78, 5) is 24.5. The third-order valence-corrected chi connectivity index (χ3v) is 13.1. The van der Waals surface area contributed by atoms with Crippen LogP contribution in [0.3, 0.4) is 0 Å². The number of allylic oxidation sites excluding steroid dienone is 6. The standard InChI is InChI=1S/C59H111NO5/c1-3-5-7-9-11-13-15-17-18-19-20-21-24-28-31-35-39-43-47-51-57(62)56(55-61)60-58(63)52-48-44-40-36-32-29-25-22-23-26-30-34-38-42-46-50-54-65-59(64)53-49-45-41-37-33-27-16-14-12-10-8-6-4-2/h8,10,14,16,22,25,56-57,61-62H,3-7,9,11-13,15,17-21,23-24,26-55H2,1-2H3,(H,60,63)/b10-8-,16-14-,25-22-. The molecule has 0 saturated heterocycles. The molecule has 0 aliphatic carbocycles. The van der Waals surface area contributed by atoms with Crippen molar-refractivity contribution in [3.63, 3.8) is 0 Å². The second kappa shape index (κ2) is 54.7. The molecule has 0 aromatic heterocycles. The predicted octanol–water partition coefficient (Wildman–Crippen LogP) is 17.6. The minimum absolute atomic E-state index is 0.0181. The molecule has 0 aliphatic rings. The molecule has 6 heteroatoms. The van der Waals surface area contributed by atoms with E-state index < -0.39 is 12.1 Å². The van der Waals surface area contributed by atoms with Crippen molar-refractivity contribution in [1.29, 1.82) is 0 Å². The molecule has 0 fully saturated rings. The van der Waals surface area contributed by atoms with Crippen molar-refractivity contribution in [3.8, 4) is 0 Å². The Morgan fingerprint density at radius 1 is 0.431 bits per heavy atom. The second-order valence-electron chi connectivity index (χ2n) is 19.6. The zero-order valence-corrected chi connectivity index (χ0v) is 43.5. The van der Waals surface area contributed by atoms with Gasteiger partial charge in [-0.1, -0.05) is 249 Å². The molecule has 0 aromatic rings. The fraction of sp³-hybridized carbons (Fsp3) is 0.864. The van der Waals surface area contributed by atoms with Crippen LogP contribution in [0.4, 0.5) is 0 Å². The van der Waals surface area contributed by atoms with E-state index in [9.17, 15) is 19.8 Å². The minimum atomic E-state index is -0.676. The van der Waals surface area contributed by atoms with Gasteiger partial charge in [-0.3, -0.25) is 9.59 Å². The van der Waals surface area contributed by atoms with E-state index in [1.54, 1.807) is 0 Å². The van der Waals surface area contributed by atoms with E-state index in [0.29, 0.717) is 25.9 Å². The zero-order valence-electron chi connectivity index (χ0n) is 43.5. The summed E-state index contributed by atoms with van der Waals surface area (Å²) >= 11 is 0. The van der Waals surface area contributed by atoms with Gasteiger partial charge in [0.15, 0.2) is 0 Å². The van der Waals surface area contributed by atoms with Crippen molar-refractivity contribution >= 4 is 11.9 Å². The van der Waals surface area contributed by atoms with Crippen LogP contribution in [0.1, 0.15) is 303 Å². The van der Waals surface area contributed by atoms with Gasteiger partial charge >= 0.3 is 5.97 Å². The molecule has 0 heterocycles. The average Bonchev–Trinajstić information content (AvgIpc) is 3.31. The quantitative estimate of drug-likeness (QED) is 0.0321. The minimum Gasteiger partial charge on any atom is -0.466 e. The molecule has 0 radical (unpaired) electrons. The molecule has 0 spiro atoms. The fourth-order valence-electron chi connectivity index (χ4n) is 8.73. The van der Waals surface area contributed by atoms with Crippen LogP contribution in [0.25, 0.3) is 0 Å². The Balaban J connectivity index is 3.48. The molecule has 0 rings (SSSR count). The van der Waals surface area contributed by atoms with Crippen molar-refractivity contribution in [1.82, 2.24) is 5.32 Å². The van der Waals surface area contributed by atoms with Crippen molar-refractivity contribution < 1.29 is 24.5 Å². The van der Waals surface area contributed by atoms with Gasteiger partial charge in [0.1, 0.15) is 0 Å². The summed E-state index contributed by atoms with van der Waals surface area (Å²) < 4.78 is 5.45. The van der Waals surface area contributed by atoms with Crippen molar-refractivity contribution in [2.45, 2.75) is 315 Å². The molecule has 6 nitrogen and oxygen atoms in total. The van der Waals surface area contributed by atoms with Gasteiger partial charge in [-0.05, 0) is 77.0 Å². The summed E-state index contributed by atoms with van der Waals surface area (Å²) in [6.07, 6.45) is 67.0. The van der Waals surface area contributed by atoms with Gasteiger partial charge < -0.3 is 20.3 Å². The third-order valence-electron chi connectivity index (χ3n) is 13.1. The first-order valence-electron chi connectivity index (χ1n) is 28.7. The highest BCUT2D eigenvalue weighted by molar-refractivity contribution is 5.76. The molecule has 2 unspecified atom stereocenters. The Hall–Kier alpha value is -1.92. The number of aliphatic hydroxyl groups excluding tert-OH is 2. The van der Waals surface area contributed by atoms with Gasteiger partial charge in [0.25, 0.3) is 0 Å². The lowest BCUT2D eigenvalue weighted by Crippen LogP contribution is -2.45. The number of ether oxygens (including phenoxy) is 1. The van der Waals surface area contributed by atoms with E-state index in [1.807, 2.05) is 0 Å². The van der Waals surface area contributed by atoms with Crippen LogP contribution < -0.4 is 5.32 Å². The number of unbranched alkanes of at least 4 members (excludes halogenated alkanes) is 36. The number of esters is 1. The van der Waals surface area contributed by atoms with Gasteiger partial charge in [-0.25, -0.2) is 0 Å². The van der Waals surface area contributed by atoms with Gasteiger partial charge in [0.05, 0.1) is 25.4 Å². The predicted molar refractivity (Wildman–Crippen MR) is 283 cm³/mol. The summed E-state index contributed by atoms with van der Waals surface area (Å²) in [6.45, 7) is 4.87. The maximum atomic E-state index is 12.5. The SMILES string of the molecule is CCC/C=C\C/C=C\CCCCCCCC(=O)OCCCCCCCCC/C=C\CCCCCCCC(=O)NC(CO)C(O)CCCCCCCCCCCCCCCCCCCCC. The zero-order chi connectivity index (χ0) is 47.2. The van der Waals surface area contributed by atoms with Gasteiger partial charge in [0, 0.05) is 12.8 Å². The molecule has 1 amide bonds. The number of nitrogens with one attached hydrogen (secondary N) is 1. The molecule has 2 atom stereocenters. The van der Waals surface area contributed by atoms with Crippen LogP contribution in [-0.4, -0.2) is 47.4 Å². The lowest BCUT2D eigenvalue weighted by Gasteiger charge is -2.22. The van der Waals surface area contributed by atoms with E-state index in [-0.39, 0.29) is 18.5 Å². The summed E-state index contributed by atoms with van der Waals surface area (Å²) in [7, 11) is 0.